The first kappa shape index (κ1) is 10.9. The summed E-state index contributed by atoms with van der Waals surface area (Å²) in [5, 5.41) is 10.8. The van der Waals surface area contributed by atoms with Gasteiger partial charge in [0.1, 0.15) is 23.3 Å². The number of anilines is 1. The maximum atomic E-state index is 13.0. The summed E-state index contributed by atoms with van der Waals surface area (Å²) < 4.78 is 26.0. The van der Waals surface area contributed by atoms with Gasteiger partial charge in [0, 0.05) is 5.69 Å². The molecule has 0 bridgehead atoms. The van der Waals surface area contributed by atoms with Crippen LogP contribution in [0.2, 0.25) is 0 Å². The minimum Gasteiger partial charge on any atom is -0.376 e. The molecule has 0 aliphatic heterocycles. The number of hydrogen-bond donors (Lipinski definition) is 2. The van der Waals surface area contributed by atoms with Crippen molar-refractivity contribution < 1.29 is 13.6 Å². The zero-order chi connectivity index (χ0) is 11.4. The van der Waals surface area contributed by atoms with Gasteiger partial charge in [0.15, 0.2) is 0 Å². The van der Waals surface area contributed by atoms with Crippen LogP contribution in [0.25, 0.3) is 0 Å². The van der Waals surface area contributed by atoms with Crippen molar-refractivity contribution in [3.05, 3.63) is 29.3 Å². The molecule has 15 heavy (non-hydrogen) atoms. The molecule has 1 rings (SSSR count). The van der Waals surface area contributed by atoms with E-state index in [1.807, 2.05) is 0 Å². The monoisotopic (exact) mass is 211 g/mol. The molecule has 4 nitrogen and oxygen atoms in total. The van der Waals surface area contributed by atoms with Crippen molar-refractivity contribution in [2.45, 2.75) is 0 Å². The van der Waals surface area contributed by atoms with Crippen LogP contribution >= 0.6 is 0 Å². The summed E-state index contributed by atoms with van der Waals surface area (Å²) in [4.78, 5) is 10.4. The van der Waals surface area contributed by atoms with Crippen LogP contribution in [-0.2, 0) is 4.79 Å². The molecule has 1 aromatic rings. The largest absolute Gasteiger partial charge is 0.376 e. The van der Waals surface area contributed by atoms with E-state index in [9.17, 15) is 13.6 Å². The summed E-state index contributed by atoms with van der Waals surface area (Å²) in [5.41, 5.74) is 4.24. The van der Waals surface area contributed by atoms with Crippen molar-refractivity contribution in [3.63, 3.8) is 0 Å². The van der Waals surface area contributed by atoms with Gasteiger partial charge in [-0.05, 0) is 12.1 Å². The highest BCUT2D eigenvalue weighted by Gasteiger charge is 2.10. The van der Waals surface area contributed by atoms with Crippen LogP contribution in [0.5, 0.6) is 0 Å². The molecule has 0 atom stereocenters. The molecular weight excluding hydrogens is 204 g/mol. The van der Waals surface area contributed by atoms with E-state index in [1.165, 1.54) is 6.07 Å². The molecule has 0 aromatic heterocycles. The lowest BCUT2D eigenvalue weighted by Gasteiger charge is -2.05. The Labute approximate surface area is 84.3 Å². The molecule has 1 aromatic carbocycles. The fourth-order valence-corrected chi connectivity index (χ4v) is 0.971. The van der Waals surface area contributed by atoms with Crippen molar-refractivity contribution in [1.29, 1.82) is 5.26 Å². The molecule has 0 saturated carbocycles. The molecule has 0 aliphatic carbocycles. The van der Waals surface area contributed by atoms with E-state index in [-0.39, 0.29) is 12.2 Å². The SMILES string of the molecule is N#Cc1c(F)cc(NCC(N)=O)cc1F. The summed E-state index contributed by atoms with van der Waals surface area (Å²) in [6.07, 6.45) is 0. The van der Waals surface area contributed by atoms with Crippen LogP contribution in [0.15, 0.2) is 12.1 Å². The number of nitriles is 1. The van der Waals surface area contributed by atoms with Gasteiger partial charge in [0.25, 0.3) is 0 Å². The van der Waals surface area contributed by atoms with E-state index in [4.69, 9.17) is 11.0 Å². The molecule has 0 unspecified atom stereocenters. The molecule has 0 radical (unpaired) electrons. The molecule has 0 fully saturated rings. The van der Waals surface area contributed by atoms with Gasteiger partial charge in [-0.25, -0.2) is 8.78 Å². The number of rotatable bonds is 3. The van der Waals surface area contributed by atoms with E-state index >= 15 is 0 Å². The van der Waals surface area contributed by atoms with Gasteiger partial charge < -0.3 is 11.1 Å². The molecule has 1 amide bonds. The van der Waals surface area contributed by atoms with E-state index in [1.54, 1.807) is 0 Å². The lowest BCUT2D eigenvalue weighted by atomic mass is 10.2. The van der Waals surface area contributed by atoms with Gasteiger partial charge in [-0.2, -0.15) is 5.26 Å². The summed E-state index contributed by atoms with van der Waals surface area (Å²) in [6.45, 7) is -0.231. The number of primary amides is 1. The highest BCUT2D eigenvalue weighted by Crippen LogP contribution is 2.17. The maximum Gasteiger partial charge on any atom is 0.236 e. The fourth-order valence-electron chi connectivity index (χ4n) is 0.971. The highest BCUT2D eigenvalue weighted by atomic mass is 19.1. The first-order valence-electron chi connectivity index (χ1n) is 3.96. The number of amides is 1. The van der Waals surface area contributed by atoms with Gasteiger partial charge in [0.2, 0.25) is 5.91 Å². The number of halogens is 2. The standard InChI is InChI=1S/C9H7F2N3O/c10-7-1-5(14-4-9(13)15)2-8(11)6(7)3-12/h1-2,14H,4H2,(H2,13,15). The highest BCUT2D eigenvalue weighted by molar-refractivity contribution is 5.78. The lowest BCUT2D eigenvalue weighted by molar-refractivity contribution is -0.116. The van der Waals surface area contributed by atoms with E-state index in [0.717, 1.165) is 12.1 Å². The van der Waals surface area contributed by atoms with Crippen molar-refractivity contribution in [2.75, 3.05) is 11.9 Å². The predicted octanol–water partition coefficient (Wildman–Crippen LogP) is 0.734. The van der Waals surface area contributed by atoms with Crippen LogP contribution in [0.4, 0.5) is 14.5 Å². The molecule has 0 heterocycles. The number of carbonyl (C=O) groups is 1. The van der Waals surface area contributed by atoms with E-state index in [0.29, 0.717) is 0 Å². The van der Waals surface area contributed by atoms with Crippen LogP contribution in [-0.4, -0.2) is 12.5 Å². The van der Waals surface area contributed by atoms with Gasteiger partial charge in [-0.15, -0.1) is 0 Å². The second-order valence-electron chi connectivity index (χ2n) is 2.75. The third-order valence-corrected chi connectivity index (χ3v) is 1.62. The van der Waals surface area contributed by atoms with Crippen molar-refractivity contribution in [3.8, 4) is 6.07 Å². The topological polar surface area (TPSA) is 78.9 Å². The molecule has 6 heteroatoms. The number of nitrogens with two attached hydrogens (primary N) is 1. The summed E-state index contributed by atoms with van der Waals surface area (Å²) in [6, 6.07) is 3.23. The molecule has 0 saturated heterocycles. The Morgan fingerprint density at radius 2 is 2.00 bits per heavy atom. The first-order chi connectivity index (χ1) is 7.04. The normalized spacial score (nSPS) is 9.40. The smallest absolute Gasteiger partial charge is 0.236 e. The second-order valence-corrected chi connectivity index (χ2v) is 2.75. The quantitative estimate of drug-likeness (QED) is 0.773. The van der Waals surface area contributed by atoms with Crippen LogP contribution < -0.4 is 11.1 Å². The Kier molecular flexibility index (Phi) is 3.18. The van der Waals surface area contributed by atoms with Gasteiger partial charge >= 0.3 is 0 Å². The minimum atomic E-state index is -0.982. The second kappa shape index (κ2) is 4.37. The van der Waals surface area contributed by atoms with Crippen LogP contribution in [0, 0.1) is 23.0 Å². The molecule has 0 spiro atoms. The van der Waals surface area contributed by atoms with Crippen molar-refractivity contribution in [1.82, 2.24) is 0 Å². The third kappa shape index (κ3) is 2.64. The van der Waals surface area contributed by atoms with E-state index < -0.39 is 23.1 Å². The Bertz CT molecular complexity index is 416. The van der Waals surface area contributed by atoms with Crippen LogP contribution in [0.1, 0.15) is 5.56 Å². The maximum absolute atomic E-state index is 13.0. The molecule has 78 valence electrons. The van der Waals surface area contributed by atoms with Gasteiger partial charge in [-0.1, -0.05) is 0 Å². The Morgan fingerprint density at radius 3 is 2.40 bits per heavy atom. The van der Waals surface area contributed by atoms with E-state index in [2.05, 4.69) is 5.32 Å². The zero-order valence-electron chi connectivity index (χ0n) is 7.55. The summed E-state index contributed by atoms with van der Waals surface area (Å²) in [5.74, 6) is -2.62. The lowest BCUT2D eigenvalue weighted by Crippen LogP contribution is -2.21. The minimum absolute atomic E-state index is 0.0581. The average Bonchev–Trinajstić information content (AvgIpc) is 2.14. The average molecular weight is 211 g/mol. The van der Waals surface area contributed by atoms with Crippen molar-refractivity contribution in [2.24, 2.45) is 5.73 Å². The van der Waals surface area contributed by atoms with Gasteiger partial charge in [0.05, 0.1) is 6.54 Å². The molecule has 3 N–H and O–H groups in total. The van der Waals surface area contributed by atoms with Crippen molar-refractivity contribution >= 4 is 11.6 Å². The number of hydrogen-bond acceptors (Lipinski definition) is 3. The fraction of sp³-hybridized carbons (Fsp3) is 0.111. The van der Waals surface area contributed by atoms with Crippen LogP contribution in [0.3, 0.4) is 0 Å². The Balaban J connectivity index is 2.95. The Morgan fingerprint density at radius 1 is 1.47 bits per heavy atom. The Hall–Kier alpha value is -2.16. The number of carbonyl (C=O) groups excluding carboxylic acids is 1. The predicted molar refractivity (Wildman–Crippen MR) is 48.8 cm³/mol. The first-order valence-corrected chi connectivity index (χ1v) is 3.96. The number of benzene rings is 1. The number of nitrogens with zero attached hydrogens (tertiary/aromatic N) is 1. The third-order valence-electron chi connectivity index (χ3n) is 1.62. The summed E-state index contributed by atoms with van der Waals surface area (Å²) in [7, 11) is 0. The zero-order valence-corrected chi connectivity index (χ0v) is 7.55. The number of nitrogens with one attached hydrogen (secondary N) is 1. The van der Waals surface area contributed by atoms with Gasteiger partial charge in [-0.3, -0.25) is 4.79 Å². The summed E-state index contributed by atoms with van der Waals surface area (Å²) >= 11 is 0. The molecule has 0 aliphatic rings. The molecular formula is C9H7F2N3O.